The maximum absolute atomic E-state index is 12.8. The van der Waals surface area contributed by atoms with Crippen molar-refractivity contribution in [2.24, 2.45) is 0 Å². The molecule has 0 amide bonds. The number of hydrogen-bond acceptors (Lipinski definition) is 3. The smallest absolute Gasteiger partial charge is 0.235 e. The molecule has 1 aromatic carbocycles. The Morgan fingerprint density at radius 2 is 1.93 bits per heavy atom. The summed E-state index contributed by atoms with van der Waals surface area (Å²) in [5.41, 5.74) is 0.523. The number of fused-ring (bicyclic) bond motifs is 1. The summed E-state index contributed by atoms with van der Waals surface area (Å²) in [5.74, 6) is 0. The molecule has 0 fully saturated rings. The molecule has 1 aromatic heterocycles. The van der Waals surface area contributed by atoms with Crippen molar-refractivity contribution >= 4 is 32.7 Å². The van der Waals surface area contributed by atoms with E-state index >= 15 is 0 Å². The van der Waals surface area contributed by atoms with Crippen molar-refractivity contribution in [2.75, 3.05) is 0 Å². The maximum atomic E-state index is 12.8. The number of benzene rings is 1. The lowest BCUT2D eigenvalue weighted by Crippen LogP contribution is -1.95. The third-order valence-corrected chi connectivity index (χ3v) is 3.14. The van der Waals surface area contributed by atoms with Gasteiger partial charge in [-0.05, 0) is 12.1 Å². The number of para-hydroxylation sites is 1. The van der Waals surface area contributed by atoms with Gasteiger partial charge < -0.3 is 0 Å². The second-order valence-corrected chi connectivity index (χ2v) is 4.58. The van der Waals surface area contributed by atoms with Gasteiger partial charge in [-0.1, -0.05) is 29.8 Å². The van der Waals surface area contributed by atoms with Crippen LogP contribution in [-0.4, -0.2) is 13.4 Å². The largest absolute Gasteiger partial charge is 0.335 e. The lowest BCUT2D eigenvalue weighted by molar-refractivity contribution is 0.552. The Kier molecular flexibility index (Phi) is 2.36. The molecule has 0 saturated carbocycles. The van der Waals surface area contributed by atoms with E-state index in [4.69, 9.17) is 11.6 Å². The summed E-state index contributed by atoms with van der Waals surface area (Å²) in [4.78, 5) is 3.19. The standard InChI is InChI=1S/C9H5ClFNO2S/c10-9-8(15(11,13)14)5-6-3-1-2-4-7(6)12-9/h1-5H. The van der Waals surface area contributed by atoms with Crippen LogP contribution in [0.4, 0.5) is 3.89 Å². The highest BCUT2D eigenvalue weighted by molar-refractivity contribution is 7.86. The zero-order valence-electron chi connectivity index (χ0n) is 7.31. The second kappa shape index (κ2) is 3.43. The van der Waals surface area contributed by atoms with E-state index in [2.05, 4.69) is 4.98 Å². The Bertz CT molecular complexity index is 627. The van der Waals surface area contributed by atoms with Crippen molar-refractivity contribution < 1.29 is 12.3 Å². The molecule has 0 unspecified atom stereocenters. The summed E-state index contributed by atoms with van der Waals surface area (Å²) in [7, 11) is -4.82. The molecular formula is C9H5ClFNO2S. The molecule has 0 aliphatic rings. The first-order valence-electron chi connectivity index (χ1n) is 3.98. The van der Waals surface area contributed by atoms with Crippen LogP contribution in [0.2, 0.25) is 5.15 Å². The Hall–Kier alpha value is -1.20. The molecule has 78 valence electrons. The third kappa shape index (κ3) is 1.93. The number of hydrogen-bond donors (Lipinski definition) is 0. The minimum Gasteiger partial charge on any atom is -0.235 e. The van der Waals surface area contributed by atoms with Crippen LogP contribution < -0.4 is 0 Å². The van der Waals surface area contributed by atoms with Crippen molar-refractivity contribution in [3.05, 3.63) is 35.5 Å². The van der Waals surface area contributed by atoms with E-state index in [-0.39, 0.29) is 5.15 Å². The number of pyridine rings is 1. The number of halogens is 2. The van der Waals surface area contributed by atoms with Gasteiger partial charge in [0, 0.05) is 5.39 Å². The van der Waals surface area contributed by atoms with Crippen LogP contribution in [0.25, 0.3) is 10.9 Å². The molecule has 0 aliphatic carbocycles. The molecule has 0 N–H and O–H groups in total. The molecule has 0 spiro atoms. The van der Waals surface area contributed by atoms with Crippen molar-refractivity contribution in [2.45, 2.75) is 4.90 Å². The highest BCUT2D eigenvalue weighted by Crippen LogP contribution is 2.25. The fourth-order valence-electron chi connectivity index (χ4n) is 1.24. The highest BCUT2D eigenvalue weighted by atomic mass is 35.5. The molecule has 15 heavy (non-hydrogen) atoms. The SMILES string of the molecule is O=S(=O)(F)c1cc2ccccc2nc1Cl. The zero-order valence-corrected chi connectivity index (χ0v) is 8.89. The van der Waals surface area contributed by atoms with Gasteiger partial charge in [-0.2, -0.15) is 8.42 Å². The lowest BCUT2D eigenvalue weighted by atomic mass is 10.2. The van der Waals surface area contributed by atoms with Crippen LogP contribution in [0, 0.1) is 0 Å². The fraction of sp³-hybridized carbons (Fsp3) is 0. The summed E-state index contributed by atoms with van der Waals surface area (Å²) in [6.07, 6.45) is 0. The minimum absolute atomic E-state index is 0.351. The molecule has 3 nitrogen and oxygen atoms in total. The molecule has 0 bridgehead atoms. The molecule has 2 aromatic rings. The first-order valence-corrected chi connectivity index (χ1v) is 5.74. The summed E-state index contributed by atoms with van der Waals surface area (Å²) in [6, 6.07) is 7.89. The predicted molar refractivity (Wildman–Crippen MR) is 55.0 cm³/mol. The van der Waals surface area contributed by atoms with Crippen LogP contribution in [0.1, 0.15) is 0 Å². The summed E-state index contributed by atoms with van der Waals surface area (Å²) in [6.45, 7) is 0. The van der Waals surface area contributed by atoms with Crippen LogP contribution in [0.3, 0.4) is 0 Å². The normalized spacial score (nSPS) is 11.9. The van der Waals surface area contributed by atoms with Gasteiger partial charge in [0.15, 0.2) is 5.15 Å². The first kappa shape index (κ1) is 10.3. The van der Waals surface area contributed by atoms with Crippen molar-refractivity contribution in [1.82, 2.24) is 4.98 Å². The average Bonchev–Trinajstić information content (AvgIpc) is 2.15. The topological polar surface area (TPSA) is 47.0 Å². The first-order chi connectivity index (χ1) is 6.98. The molecule has 0 radical (unpaired) electrons. The van der Waals surface area contributed by atoms with Crippen LogP contribution in [0.5, 0.6) is 0 Å². The molecule has 2 rings (SSSR count). The van der Waals surface area contributed by atoms with Gasteiger partial charge in [-0.15, -0.1) is 3.89 Å². The molecule has 1 heterocycles. The van der Waals surface area contributed by atoms with Gasteiger partial charge in [-0.25, -0.2) is 4.98 Å². The van der Waals surface area contributed by atoms with Crippen molar-refractivity contribution in [3.8, 4) is 0 Å². The highest BCUT2D eigenvalue weighted by Gasteiger charge is 2.18. The predicted octanol–water partition coefficient (Wildman–Crippen LogP) is 2.55. The van der Waals surface area contributed by atoms with Gasteiger partial charge in [0.05, 0.1) is 5.52 Å². The quantitative estimate of drug-likeness (QED) is 0.573. The third-order valence-electron chi connectivity index (χ3n) is 1.91. The molecule has 0 aliphatic heterocycles. The monoisotopic (exact) mass is 245 g/mol. The molecule has 6 heteroatoms. The Balaban J connectivity index is 2.84. The molecule has 0 saturated heterocycles. The average molecular weight is 246 g/mol. The number of aromatic nitrogens is 1. The van der Waals surface area contributed by atoms with E-state index in [1.807, 2.05) is 0 Å². The summed E-state index contributed by atoms with van der Waals surface area (Å²) < 4.78 is 34.2. The molecular weight excluding hydrogens is 241 g/mol. The van der Waals surface area contributed by atoms with E-state index in [0.29, 0.717) is 10.9 Å². The van der Waals surface area contributed by atoms with Crippen LogP contribution in [0.15, 0.2) is 35.2 Å². The van der Waals surface area contributed by atoms with Gasteiger partial charge in [0.25, 0.3) is 0 Å². The number of rotatable bonds is 1. The minimum atomic E-state index is -4.82. The van der Waals surface area contributed by atoms with Crippen molar-refractivity contribution in [1.29, 1.82) is 0 Å². The van der Waals surface area contributed by atoms with E-state index in [9.17, 15) is 12.3 Å². The Morgan fingerprint density at radius 3 is 2.60 bits per heavy atom. The fourth-order valence-corrected chi connectivity index (χ4v) is 2.18. The second-order valence-electron chi connectivity index (χ2n) is 2.91. The number of nitrogens with zero attached hydrogens (tertiary/aromatic N) is 1. The van der Waals surface area contributed by atoms with Gasteiger partial charge >= 0.3 is 10.2 Å². The Morgan fingerprint density at radius 1 is 1.27 bits per heavy atom. The van der Waals surface area contributed by atoms with Gasteiger partial charge in [0.2, 0.25) is 0 Å². The van der Waals surface area contributed by atoms with Gasteiger partial charge in [-0.3, -0.25) is 0 Å². The van der Waals surface area contributed by atoms with E-state index in [1.54, 1.807) is 24.3 Å². The Labute approximate surface area is 90.7 Å². The van der Waals surface area contributed by atoms with E-state index in [0.717, 1.165) is 0 Å². The molecule has 0 atom stereocenters. The van der Waals surface area contributed by atoms with Crippen LogP contribution >= 0.6 is 11.6 Å². The maximum Gasteiger partial charge on any atom is 0.335 e. The lowest BCUT2D eigenvalue weighted by Gasteiger charge is -2.01. The van der Waals surface area contributed by atoms with Crippen LogP contribution in [-0.2, 0) is 10.2 Å². The van der Waals surface area contributed by atoms with E-state index in [1.165, 1.54) is 6.07 Å². The van der Waals surface area contributed by atoms with E-state index < -0.39 is 15.1 Å². The summed E-state index contributed by atoms with van der Waals surface area (Å²) in [5, 5.41) is 0.175. The van der Waals surface area contributed by atoms with Crippen molar-refractivity contribution in [3.63, 3.8) is 0 Å². The zero-order chi connectivity index (χ0) is 11.1. The summed E-state index contributed by atoms with van der Waals surface area (Å²) >= 11 is 5.56. The van der Waals surface area contributed by atoms with Gasteiger partial charge in [0.1, 0.15) is 4.90 Å².